The number of aryl methyl sites for hydroxylation is 2. The Kier molecular flexibility index (Phi) is 7.44. The number of ether oxygens (including phenoxy) is 1. The molecule has 1 N–H and O–H groups in total. The first-order chi connectivity index (χ1) is 15.8. The first kappa shape index (κ1) is 23.5. The number of nitro benzene ring substituents is 1. The maximum atomic E-state index is 12.4. The second-order valence-corrected chi connectivity index (χ2v) is 7.75. The van der Waals surface area contributed by atoms with E-state index in [4.69, 9.17) is 16.3 Å². The van der Waals surface area contributed by atoms with Gasteiger partial charge < -0.3 is 10.1 Å². The van der Waals surface area contributed by atoms with E-state index >= 15 is 0 Å². The molecule has 0 saturated heterocycles. The zero-order valence-corrected chi connectivity index (χ0v) is 18.7. The third kappa shape index (κ3) is 6.19. The van der Waals surface area contributed by atoms with E-state index < -0.39 is 4.92 Å². The number of nitro groups is 1. The second-order valence-electron chi connectivity index (χ2n) is 7.31. The predicted molar refractivity (Wildman–Crippen MR) is 128 cm³/mol. The van der Waals surface area contributed by atoms with Gasteiger partial charge in [0.1, 0.15) is 5.75 Å². The van der Waals surface area contributed by atoms with E-state index in [1.165, 1.54) is 24.3 Å². The van der Waals surface area contributed by atoms with Crippen LogP contribution in [0.4, 0.5) is 11.4 Å². The number of benzene rings is 3. The van der Waals surface area contributed by atoms with Crippen molar-refractivity contribution in [3.8, 4) is 11.8 Å². The smallest absolute Gasteiger partial charge is 0.269 e. The summed E-state index contributed by atoms with van der Waals surface area (Å²) in [5.41, 5.74) is 3.86. The van der Waals surface area contributed by atoms with E-state index in [1.54, 1.807) is 24.3 Å². The molecule has 0 aliphatic carbocycles. The predicted octanol–water partition coefficient (Wildman–Crippen LogP) is 5.95. The molecule has 1 amide bonds. The van der Waals surface area contributed by atoms with Gasteiger partial charge in [-0.1, -0.05) is 23.7 Å². The third-order valence-electron chi connectivity index (χ3n) is 4.81. The number of amides is 1. The number of hydrogen-bond donors (Lipinski definition) is 1. The molecule has 0 aromatic heterocycles. The molecule has 0 saturated carbocycles. The minimum absolute atomic E-state index is 0.0716. The molecule has 0 aliphatic heterocycles. The summed E-state index contributed by atoms with van der Waals surface area (Å²) in [6.45, 7) is 3.60. The molecular formula is C25H20ClN3O4. The Morgan fingerprint density at radius 1 is 1.15 bits per heavy atom. The fourth-order valence-electron chi connectivity index (χ4n) is 3.06. The Balaban J connectivity index is 1.80. The molecule has 33 heavy (non-hydrogen) atoms. The van der Waals surface area contributed by atoms with Crippen LogP contribution in [-0.2, 0) is 4.79 Å². The summed E-state index contributed by atoms with van der Waals surface area (Å²) in [7, 11) is 0. The summed E-state index contributed by atoms with van der Waals surface area (Å²) in [6, 6.07) is 18.4. The molecule has 166 valence electrons. The standard InChI is InChI=1S/C25H20ClN3O4/c1-16-3-4-17(2)23(11-16)28-25(30)15-33-24-10-7-21(26)13-19(24)12-20(14-27)18-5-8-22(9-6-18)29(31)32/h3-13H,15H2,1-2H3,(H,28,30)/b20-12+. The average molecular weight is 462 g/mol. The molecule has 3 rings (SSSR count). The number of anilines is 1. The van der Waals surface area contributed by atoms with Gasteiger partial charge in [0.05, 0.1) is 16.6 Å². The number of allylic oxidation sites excluding steroid dienone is 1. The van der Waals surface area contributed by atoms with Crippen LogP contribution in [0.1, 0.15) is 22.3 Å². The van der Waals surface area contributed by atoms with Crippen LogP contribution >= 0.6 is 11.6 Å². The number of rotatable bonds is 7. The highest BCUT2D eigenvalue weighted by atomic mass is 35.5. The van der Waals surface area contributed by atoms with E-state index in [0.717, 1.165) is 11.1 Å². The summed E-state index contributed by atoms with van der Waals surface area (Å²) in [5, 5.41) is 23.7. The van der Waals surface area contributed by atoms with Crippen LogP contribution in [0, 0.1) is 35.3 Å². The van der Waals surface area contributed by atoms with E-state index in [-0.39, 0.29) is 23.8 Å². The van der Waals surface area contributed by atoms with E-state index in [2.05, 4.69) is 11.4 Å². The highest BCUT2D eigenvalue weighted by Crippen LogP contribution is 2.28. The summed E-state index contributed by atoms with van der Waals surface area (Å²) in [5.74, 6) is 0.0367. The molecule has 0 bridgehead atoms. The fourth-order valence-corrected chi connectivity index (χ4v) is 3.24. The van der Waals surface area contributed by atoms with Gasteiger partial charge in [-0.25, -0.2) is 0 Å². The van der Waals surface area contributed by atoms with Crippen LogP contribution in [0.3, 0.4) is 0 Å². The van der Waals surface area contributed by atoms with Crippen molar-refractivity contribution in [1.82, 2.24) is 0 Å². The monoisotopic (exact) mass is 461 g/mol. The number of nitriles is 1. The summed E-state index contributed by atoms with van der Waals surface area (Å²) in [4.78, 5) is 22.8. The first-order valence-electron chi connectivity index (χ1n) is 9.93. The van der Waals surface area contributed by atoms with Crippen molar-refractivity contribution < 1.29 is 14.5 Å². The zero-order valence-electron chi connectivity index (χ0n) is 18.0. The summed E-state index contributed by atoms with van der Waals surface area (Å²) >= 11 is 6.13. The highest BCUT2D eigenvalue weighted by Gasteiger charge is 2.11. The lowest BCUT2D eigenvalue weighted by Gasteiger charge is -2.12. The minimum atomic E-state index is -0.508. The summed E-state index contributed by atoms with van der Waals surface area (Å²) < 4.78 is 5.71. The number of halogens is 1. The van der Waals surface area contributed by atoms with Crippen molar-refractivity contribution in [3.05, 3.63) is 98.1 Å². The number of carbonyl (C=O) groups is 1. The minimum Gasteiger partial charge on any atom is -0.483 e. The number of carbonyl (C=O) groups excluding carboxylic acids is 1. The van der Waals surface area contributed by atoms with Gasteiger partial charge in [-0.2, -0.15) is 5.26 Å². The van der Waals surface area contributed by atoms with Gasteiger partial charge in [-0.05, 0) is 73.0 Å². The Bertz CT molecular complexity index is 1280. The van der Waals surface area contributed by atoms with Gasteiger partial charge in [0, 0.05) is 28.4 Å². The van der Waals surface area contributed by atoms with E-state index in [0.29, 0.717) is 27.6 Å². The molecule has 0 atom stereocenters. The lowest BCUT2D eigenvalue weighted by atomic mass is 10.0. The number of hydrogen-bond acceptors (Lipinski definition) is 5. The van der Waals surface area contributed by atoms with Crippen LogP contribution in [0.15, 0.2) is 60.7 Å². The fraction of sp³-hybridized carbons (Fsp3) is 0.120. The van der Waals surface area contributed by atoms with Crippen molar-refractivity contribution in [2.24, 2.45) is 0 Å². The van der Waals surface area contributed by atoms with Gasteiger partial charge in [0.15, 0.2) is 6.61 Å². The van der Waals surface area contributed by atoms with Crippen LogP contribution in [-0.4, -0.2) is 17.4 Å². The average Bonchev–Trinajstić information content (AvgIpc) is 2.79. The van der Waals surface area contributed by atoms with Crippen molar-refractivity contribution in [1.29, 1.82) is 5.26 Å². The molecule has 0 heterocycles. The summed E-state index contributed by atoms with van der Waals surface area (Å²) in [6.07, 6.45) is 1.56. The Morgan fingerprint density at radius 3 is 2.55 bits per heavy atom. The molecule has 8 heteroatoms. The van der Waals surface area contributed by atoms with Crippen LogP contribution < -0.4 is 10.1 Å². The molecule has 0 fully saturated rings. The number of nitrogens with one attached hydrogen (secondary N) is 1. The number of non-ortho nitro benzene ring substituents is 1. The normalized spacial score (nSPS) is 10.9. The quantitative estimate of drug-likeness (QED) is 0.202. The van der Waals surface area contributed by atoms with E-state index in [1.807, 2.05) is 32.0 Å². The van der Waals surface area contributed by atoms with Crippen LogP contribution in [0.25, 0.3) is 11.6 Å². The lowest BCUT2D eigenvalue weighted by molar-refractivity contribution is -0.384. The van der Waals surface area contributed by atoms with Crippen molar-refractivity contribution in [3.63, 3.8) is 0 Å². The maximum Gasteiger partial charge on any atom is 0.269 e. The van der Waals surface area contributed by atoms with Crippen LogP contribution in [0.5, 0.6) is 5.75 Å². The van der Waals surface area contributed by atoms with Crippen molar-refractivity contribution >= 4 is 40.5 Å². The molecule has 0 unspecified atom stereocenters. The topological polar surface area (TPSA) is 105 Å². The largest absolute Gasteiger partial charge is 0.483 e. The Hall–Kier alpha value is -4.15. The van der Waals surface area contributed by atoms with Crippen molar-refractivity contribution in [2.45, 2.75) is 13.8 Å². The maximum absolute atomic E-state index is 12.4. The van der Waals surface area contributed by atoms with Gasteiger partial charge >= 0.3 is 0 Å². The van der Waals surface area contributed by atoms with Gasteiger partial charge in [0.25, 0.3) is 11.6 Å². The SMILES string of the molecule is Cc1ccc(C)c(NC(=O)COc2ccc(Cl)cc2/C=C(\C#N)c2ccc([N+](=O)[O-])cc2)c1. The highest BCUT2D eigenvalue weighted by molar-refractivity contribution is 6.30. The molecular weight excluding hydrogens is 442 g/mol. The van der Waals surface area contributed by atoms with Crippen molar-refractivity contribution in [2.75, 3.05) is 11.9 Å². The zero-order chi connectivity index (χ0) is 24.0. The molecule has 7 nitrogen and oxygen atoms in total. The Morgan fingerprint density at radius 2 is 1.88 bits per heavy atom. The third-order valence-corrected chi connectivity index (χ3v) is 5.04. The second kappa shape index (κ2) is 10.4. The Labute approximate surface area is 196 Å². The molecule has 0 spiro atoms. The van der Waals surface area contributed by atoms with Gasteiger partial charge in [0.2, 0.25) is 0 Å². The molecule has 3 aromatic carbocycles. The molecule has 3 aromatic rings. The van der Waals surface area contributed by atoms with Gasteiger partial charge in [-0.3, -0.25) is 14.9 Å². The molecule has 0 radical (unpaired) electrons. The van der Waals surface area contributed by atoms with Gasteiger partial charge in [-0.15, -0.1) is 0 Å². The lowest BCUT2D eigenvalue weighted by Crippen LogP contribution is -2.21. The van der Waals surface area contributed by atoms with Crippen LogP contribution in [0.2, 0.25) is 5.02 Å². The first-order valence-corrected chi connectivity index (χ1v) is 10.3. The van der Waals surface area contributed by atoms with E-state index in [9.17, 15) is 20.2 Å². The molecule has 0 aliphatic rings. The number of nitrogens with zero attached hydrogens (tertiary/aromatic N) is 2.